The van der Waals surface area contributed by atoms with Crippen LogP contribution in [0, 0.1) is 12.8 Å². The Labute approximate surface area is 189 Å². The van der Waals surface area contributed by atoms with E-state index < -0.39 is 39.3 Å². The van der Waals surface area contributed by atoms with Crippen LogP contribution in [0.25, 0.3) is 0 Å². The van der Waals surface area contributed by atoms with Gasteiger partial charge in [-0.05, 0) is 61.7 Å². The lowest BCUT2D eigenvalue weighted by Crippen LogP contribution is -2.43. The molecule has 11 heteroatoms. The molecule has 1 aliphatic rings. The molecular weight excluding hydrogens is 469 g/mol. The molecule has 1 fully saturated rings. The van der Waals surface area contributed by atoms with E-state index in [-0.39, 0.29) is 23.0 Å². The third kappa shape index (κ3) is 5.19. The minimum absolute atomic E-state index is 0.0638. The second-order valence-electron chi connectivity index (χ2n) is 7.51. The molecule has 0 aliphatic carbocycles. The van der Waals surface area contributed by atoms with Crippen molar-refractivity contribution >= 4 is 33.2 Å². The van der Waals surface area contributed by atoms with Crippen molar-refractivity contribution in [2.75, 3.05) is 25.5 Å². The van der Waals surface area contributed by atoms with Gasteiger partial charge in [0.1, 0.15) is 5.75 Å². The highest BCUT2D eigenvalue weighted by Crippen LogP contribution is 2.37. The number of methoxy groups -OCH3 is 1. The van der Waals surface area contributed by atoms with Crippen molar-refractivity contribution in [1.82, 2.24) is 4.31 Å². The van der Waals surface area contributed by atoms with Gasteiger partial charge in [0.25, 0.3) is 0 Å². The summed E-state index contributed by atoms with van der Waals surface area (Å²) in [4.78, 5) is 12.8. The Kier molecular flexibility index (Phi) is 7.06. The van der Waals surface area contributed by atoms with Crippen LogP contribution in [0.4, 0.5) is 18.9 Å². The van der Waals surface area contributed by atoms with E-state index in [1.54, 1.807) is 13.0 Å². The van der Waals surface area contributed by atoms with Gasteiger partial charge in [0, 0.05) is 18.1 Å². The second kappa shape index (κ2) is 9.29. The number of halogens is 4. The number of carbonyl (C=O) groups excluding carboxylic acids is 1. The first-order valence-corrected chi connectivity index (χ1v) is 11.6. The van der Waals surface area contributed by atoms with Gasteiger partial charge in [-0.3, -0.25) is 4.79 Å². The number of rotatable bonds is 5. The van der Waals surface area contributed by atoms with Crippen molar-refractivity contribution in [3.05, 3.63) is 52.5 Å². The van der Waals surface area contributed by atoms with E-state index in [0.717, 1.165) is 12.1 Å². The highest BCUT2D eigenvalue weighted by molar-refractivity contribution is 7.89. The Morgan fingerprint density at radius 1 is 1.22 bits per heavy atom. The number of benzene rings is 2. The maximum atomic E-state index is 13.3. The third-order valence-corrected chi connectivity index (χ3v) is 7.40. The fourth-order valence-corrected chi connectivity index (χ4v) is 5.41. The average Bonchev–Trinajstić information content (AvgIpc) is 2.74. The molecule has 0 radical (unpaired) electrons. The standard InChI is InChI=1S/C21H22ClF3N2O4S/c1-13-10-16(6-8-19(13)31-2)32(29,30)27-9-3-4-14(12-27)20(28)26-18-7-5-15(22)11-17(18)21(23,24)25/h5-8,10-11,14H,3-4,9,12H2,1-2H3,(H,26,28)/t14-/m0/s1. The van der Waals surface area contributed by atoms with Gasteiger partial charge in [0.05, 0.1) is 29.2 Å². The maximum absolute atomic E-state index is 13.3. The Morgan fingerprint density at radius 2 is 1.94 bits per heavy atom. The van der Waals surface area contributed by atoms with E-state index in [0.29, 0.717) is 24.2 Å². The topological polar surface area (TPSA) is 75.7 Å². The number of anilines is 1. The largest absolute Gasteiger partial charge is 0.496 e. The molecule has 0 spiro atoms. The summed E-state index contributed by atoms with van der Waals surface area (Å²) in [6, 6.07) is 7.53. The van der Waals surface area contributed by atoms with E-state index in [1.165, 1.54) is 29.6 Å². The zero-order valence-corrected chi connectivity index (χ0v) is 18.9. The first-order valence-electron chi connectivity index (χ1n) is 9.76. The van der Waals surface area contributed by atoms with E-state index in [2.05, 4.69) is 5.32 Å². The molecule has 174 valence electrons. The van der Waals surface area contributed by atoms with E-state index >= 15 is 0 Å². The minimum Gasteiger partial charge on any atom is -0.496 e. The van der Waals surface area contributed by atoms with Crippen molar-refractivity contribution < 1.29 is 31.1 Å². The SMILES string of the molecule is COc1ccc(S(=O)(=O)N2CCC[C@H](C(=O)Nc3ccc(Cl)cc3C(F)(F)F)C2)cc1C. The summed E-state index contributed by atoms with van der Waals surface area (Å²) in [5.41, 5.74) is -0.840. The van der Waals surface area contributed by atoms with E-state index in [4.69, 9.17) is 16.3 Å². The third-order valence-electron chi connectivity index (χ3n) is 5.30. The normalized spacial score (nSPS) is 17.8. The monoisotopic (exact) mass is 490 g/mol. The molecule has 0 saturated carbocycles. The number of sulfonamides is 1. The van der Waals surface area contributed by atoms with Crippen LogP contribution in [-0.2, 0) is 21.0 Å². The molecule has 2 aromatic rings. The predicted octanol–water partition coefficient (Wildman–Crippen LogP) is 4.72. The molecule has 1 amide bonds. The van der Waals surface area contributed by atoms with Crippen molar-refractivity contribution in [1.29, 1.82) is 0 Å². The smallest absolute Gasteiger partial charge is 0.418 e. The highest BCUT2D eigenvalue weighted by Gasteiger charge is 2.37. The maximum Gasteiger partial charge on any atom is 0.418 e. The van der Waals surface area contributed by atoms with Crippen LogP contribution in [0.2, 0.25) is 5.02 Å². The zero-order chi connectivity index (χ0) is 23.7. The number of ether oxygens (including phenoxy) is 1. The van der Waals surface area contributed by atoms with Gasteiger partial charge in [-0.25, -0.2) is 8.42 Å². The number of nitrogens with zero attached hydrogens (tertiary/aromatic N) is 1. The van der Waals surface area contributed by atoms with E-state index in [1.807, 2.05) is 0 Å². The molecule has 0 aromatic heterocycles. The van der Waals surface area contributed by atoms with Gasteiger partial charge in [0.2, 0.25) is 15.9 Å². The number of piperidine rings is 1. The molecule has 3 rings (SSSR count). The molecular formula is C21H22ClF3N2O4S. The van der Waals surface area contributed by atoms with E-state index in [9.17, 15) is 26.4 Å². The van der Waals surface area contributed by atoms with Crippen LogP contribution >= 0.6 is 11.6 Å². The van der Waals surface area contributed by atoms with Crippen LogP contribution < -0.4 is 10.1 Å². The average molecular weight is 491 g/mol. The summed E-state index contributed by atoms with van der Waals surface area (Å²) in [5, 5.41) is 2.18. The molecule has 1 N–H and O–H groups in total. The lowest BCUT2D eigenvalue weighted by atomic mass is 9.98. The van der Waals surface area contributed by atoms with Crippen LogP contribution in [0.1, 0.15) is 24.0 Å². The van der Waals surface area contributed by atoms with Crippen molar-refractivity contribution in [2.24, 2.45) is 5.92 Å². The number of nitrogens with one attached hydrogen (secondary N) is 1. The fourth-order valence-electron chi connectivity index (χ4n) is 3.63. The van der Waals surface area contributed by atoms with Crippen LogP contribution in [0.3, 0.4) is 0 Å². The van der Waals surface area contributed by atoms with Gasteiger partial charge < -0.3 is 10.1 Å². The van der Waals surface area contributed by atoms with Gasteiger partial charge in [0.15, 0.2) is 0 Å². The minimum atomic E-state index is -4.71. The molecule has 2 aromatic carbocycles. The lowest BCUT2D eigenvalue weighted by molar-refractivity contribution is -0.137. The summed E-state index contributed by atoms with van der Waals surface area (Å²) in [7, 11) is -2.40. The zero-order valence-electron chi connectivity index (χ0n) is 17.4. The molecule has 32 heavy (non-hydrogen) atoms. The Morgan fingerprint density at radius 3 is 2.56 bits per heavy atom. The van der Waals surface area contributed by atoms with Gasteiger partial charge in [-0.15, -0.1) is 0 Å². The summed E-state index contributed by atoms with van der Waals surface area (Å²) >= 11 is 5.67. The Hall–Kier alpha value is -2.30. The number of aryl methyl sites for hydroxylation is 1. The first-order chi connectivity index (χ1) is 14.9. The molecule has 6 nitrogen and oxygen atoms in total. The Bertz CT molecular complexity index is 1120. The van der Waals surface area contributed by atoms with Crippen molar-refractivity contribution in [3.8, 4) is 5.75 Å². The summed E-state index contributed by atoms with van der Waals surface area (Å²) < 4.78 is 72.4. The summed E-state index contributed by atoms with van der Waals surface area (Å²) in [5.74, 6) is -0.929. The highest BCUT2D eigenvalue weighted by atomic mass is 35.5. The lowest BCUT2D eigenvalue weighted by Gasteiger charge is -2.31. The van der Waals surface area contributed by atoms with Crippen LogP contribution in [-0.4, -0.2) is 38.8 Å². The summed E-state index contributed by atoms with van der Waals surface area (Å²) in [6.45, 7) is 1.80. The first kappa shape index (κ1) is 24.3. The van der Waals surface area contributed by atoms with Crippen molar-refractivity contribution in [2.45, 2.75) is 30.8 Å². The van der Waals surface area contributed by atoms with Crippen molar-refractivity contribution in [3.63, 3.8) is 0 Å². The van der Waals surface area contributed by atoms with Crippen LogP contribution in [0.5, 0.6) is 5.75 Å². The number of carbonyl (C=O) groups is 1. The Balaban J connectivity index is 1.79. The second-order valence-corrected chi connectivity index (χ2v) is 9.88. The number of alkyl halides is 3. The molecule has 0 bridgehead atoms. The summed E-state index contributed by atoms with van der Waals surface area (Å²) in [6.07, 6.45) is -3.95. The quantitative estimate of drug-likeness (QED) is 0.658. The molecule has 1 saturated heterocycles. The van der Waals surface area contributed by atoms with Gasteiger partial charge in [-0.1, -0.05) is 11.6 Å². The fraction of sp³-hybridized carbons (Fsp3) is 0.381. The van der Waals surface area contributed by atoms with Crippen LogP contribution in [0.15, 0.2) is 41.3 Å². The molecule has 1 aliphatic heterocycles. The number of amides is 1. The van der Waals surface area contributed by atoms with Gasteiger partial charge in [-0.2, -0.15) is 17.5 Å². The number of hydrogen-bond donors (Lipinski definition) is 1. The molecule has 0 unspecified atom stereocenters. The number of hydrogen-bond acceptors (Lipinski definition) is 4. The molecule has 1 heterocycles. The molecule has 1 atom stereocenters. The van der Waals surface area contributed by atoms with Gasteiger partial charge >= 0.3 is 6.18 Å². The predicted molar refractivity (Wildman–Crippen MR) is 114 cm³/mol.